The van der Waals surface area contributed by atoms with Crippen LogP contribution in [0, 0.1) is 5.92 Å². The van der Waals surface area contributed by atoms with E-state index in [4.69, 9.17) is 16.3 Å². The zero-order chi connectivity index (χ0) is 6.69. The first kappa shape index (κ1) is 6.83. The van der Waals surface area contributed by atoms with Crippen molar-refractivity contribution in [3.63, 3.8) is 0 Å². The summed E-state index contributed by atoms with van der Waals surface area (Å²) in [7, 11) is 0. The molecule has 3 nitrogen and oxygen atoms in total. The molecule has 1 aliphatic heterocycles. The number of hydrogen-bond donors (Lipinski definition) is 0. The van der Waals surface area contributed by atoms with E-state index < -0.39 is 5.43 Å². The van der Waals surface area contributed by atoms with Gasteiger partial charge in [0.05, 0.1) is 19.8 Å². The van der Waals surface area contributed by atoms with Crippen molar-refractivity contribution in [2.75, 3.05) is 19.8 Å². The number of halogens is 1. The summed E-state index contributed by atoms with van der Waals surface area (Å²) in [6.07, 6.45) is 0. The average molecular weight is 151 g/mol. The van der Waals surface area contributed by atoms with Gasteiger partial charge in [-0.2, -0.15) is 0 Å². The second-order valence-corrected chi connectivity index (χ2v) is 2.26. The normalized spacial score (nSPS) is 18.8. The highest BCUT2D eigenvalue weighted by atomic mass is 35.5. The minimum atomic E-state index is -0.734. The van der Waals surface area contributed by atoms with Crippen molar-refractivity contribution in [2.24, 2.45) is 5.92 Å². The van der Waals surface area contributed by atoms with Crippen LogP contribution >= 0.6 is 11.6 Å². The molecule has 52 valence electrons. The van der Waals surface area contributed by atoms with Crippen LogP contribution in [0.2, 0.25) is 0 Å². The van der Waals surface area contributed by atoms with E-state index in [1.807, 2.05) is 0 Å². The number of ether oxygens (including phenoxy) is 2. The van der Waals surface area contributed by atoms with Crippen LogP contribution in [0.4, 0.5) is 4.79 Å². The van der Waals surface area contributed by atoms with E-state index in [2.05, 4.69) is 4.74 Å². The Bertz CT molecular complexity index is 111. The summed E-state index contributed by atoms with van der Waals surface area (Å²) in [5, 5.41) is 0. The average Bonchev–Trinajstić information content (AvgIpc) is 1.60. The van der Waals surface area contributed by atoms with Gasteiger partial charge in [-0.1, -0.05) is 0 Å². The van der Waals surface area contributed by atoms with E-state index in [0.717, 1.165) is 0 Å². The fraction of sp³-hybridized carbons (Fsp3) is 0.800. The van der Waals surface area contributed by atoms with Gasteiger partial charge < -0.3 is 9.47 Å². The summed E-state index contributed by atoms with van der Waals surface area (Å²) in [4.78, 5) is 9.99. The Morgan fingerprint density at radius 1 is 1.78 bits per heavy atom. The Kier molecular flexibility index (Phi) is 2.30. The van der Waals surface area contributed by atoms with E-state index >= 15 is 0 Å². The van der Waals surface area contributed by atoms with Gasteiger partial charge in [0.2, 0.25) is 0 Å². The van der Waals surface area contributed by atoms with Gasteiger partial charge in [0.25, 0.3) is 0 Å². The first-order valence-electron chi connectivity index (χ1n) is 2.69. The van der Waals surface area contributed by atoms with E-state index in [9.17, 15) is 4.79 Å². The van der Waals surface area contributed by atoms with Gasteiger partial charge in [-0.25, -0.2) is 4.79 Å². The molecule has 0 saturated carbocycles. The monoisotopic (exact) mass is 150 g/mol. The number of hydrogen-bond acceptors (Lipinski definition) is 3. The van der Waals surface area contributed by atoms with Crippen LogP contribution in [0.3, 0.4) is 0 Å². The third-order valence-corrected chi connectivity index (χ3v) is 1.25. The van der Waals surface area contributed by atoms with Crippen LogP contribution in [0.1, 0.15) is 0 Å². The number of rotatable bonds is 2. The van der Waals surface area contributed by atoms with Crippen molar-refractivity contribution in [1.82, 2.24) is 0 Å². The van der Waals surface area contributed by atoms with Gasteiger partial charge in [0.1, 0.15) is 0 Å². The summed E-state index contributed by atoms with van der Waals surface area (Å²) in [6, 6.07) is 0. The molecular weight excluding hydrogens is 144 g/mol. The lowest BCUT2D eigenvalue weighted by atomic mass is 10.1. The van der Waals surface area contributed by atoms with Crippen molar-refractivity contribution in [1.29, 1.82) is 0 Å². The maximum Gasteiger partial charge on any atom is 0.403 e. The summed E-state index contributed by atoms with van der Waals surface area (Å²) < 4.78 is 9.33. The molecule has 1 heterocycles. The SMILES string of the molecule is O=C(Cl)OCC1COC1. The minimum absolute atomic E-state index is 0.368. The molecule has 0 unspecified atom stereocenters. The van der Waals surface area contributed by atoms with Crippen LogP contribution < -0.4 is 0 Å². The highest BCUT2D eigenvalue weighted by Gasteiger charge is 2.19. The molecule has 0 N–H and O–H groups in total. The lowest BCUT2D eigenvalue weighted by Gasteiger charge is -2.24. The Hall–Kier alpha value is -0.280. The van der Waals surface area contributed by atoms with Crippen LogP contribution in [-0.2, 0) is 9.47 Å². The van der Waals surface area contributed by atoms with Gasteiger partial charge in [0, 0.05) is 17.5 Å². The predicted octanol–water partition coefficient (Wildman–Crippen LogP) is 1.01. The minimum Gasteiger partial charge on any atom is -0.453 e. The Morgan fingerprint density at radius 2 is 2.44 bits per heavy atom. The summed E-state index contributed by atoms with van der Waals surface area (Å²) in [5.41, 5.74) is -0.734. The van der Waals surface area contributed by atoms with Crippen LogP contribution in [-0.4, -0.2) is 25.2 Å². The van der Waals surface area contributed by atoms with Crippen molar-refractivity contribution < 1.29 is 14.3 Å². The molecular formula is C5H7ClO3. The van der Waals surface area contributed by atoms with E-state index in [1.54, 1.807) is 0 Å². The third-order valence-electron chi connectivity index (χ3n) is 1.14. The van der Waals surface area contributed by atoms with Crippen molar-refractivity contribution in [2.45, 2.75) is 0 Å². The molecule has 0 amide bonds. The van der Waals surface area contributed by atoms with Gasteiger partial charge >= 0.3 is 5.43 Å². The van der Waals surface area contributed by atoms with E-state index in [-0.39, 0.29) is 0 Å². The highest BCUT2D eigenvalue weighted by Crippen LogP contribution is 2.10. The van der Waals surface area contributed by atoms with Crippen molar-refractivity contribution >= 4 is 17.0 Å². The zero-order valence-corrected chi connectivity index (χ0v) is 5.56. The van der Waals surface area contributed by atoms with Gasteiger partial charge in [0.15, 0.2) is 0 Å². The lowest BCUT2D eigenvalue weighted by Crippen LogP contribution is -2.31. The quantitative estimate of drug-likeness (QED) is 0.551. The molecule has 0 atom stereocenters. The molecule has 0 aromatic heterocycles. The highest BCUT2D eigenvalue weighted by molar-refractivity contribution is 6.61. The van der Waals surface area contributed by atoms with Crippen molar-refractivity contribution in [3.8, 4) is 0 Å². The first-order chi connectivity index (χ1) is 4.29. The number of carbonyl (C=O) groups excluding carboxylic acids is 1. The summed E-state index contributed by atoms with van der Waals surface area (Å²) >= 11 is 4.90. The Balaban J connectivity index is 1.97. The summed E-state index contributed by atoms with van der Waals surface area (Å²) in [6.45, 7) is 1.76. The van der Waals surface area contributed by atoms with Gasteiger partial charge in [-0.15, -0.1) is 0 Å². The second-order valence-electron chi connectivity index (χ2n) is 1.95. The molecule has 0 aliphatic carbocycles. The Labute approximate surface area is 57.9 Å². The largest absolute Gasteiger partial charge is 0.453 e. The predicted molar refractivity (Wildman–Crippen MR) is 31.5 cm³/mol. The molecule has 0 aromatic carbocycles. The topological polar surface area (TPSA) is 35.5 Å². The third kappa shape index (κ3) is 2.20. The maximum absolute atomic E-state index is 9.99. The first-order valence-corrected chi connectivity index (χ1v) is 3.07. The fourth-order valence-electron chi connectivity index (χ4n) is 0.564. The van der Waals surface area contributed by atoms with E-state index in [1.165, 1.54) is 0 Å². The van der Waals surface area contributed by atoms with E-state index in [0.29, 0.717) is 25.7 Å². The molecule has 1 saturated heterocycles. The fourth-order valence-corrected chi connectivity index (χ4v) is 0.627. The molecule has 1 fully saturated rings. The zero-order valence-electron chi connectivity index (χ0n) is 4.80. The molecule has 0 spiro atoms. The smallest absolute Gasteiger partial charge is 0.403 e. The van der Waals surface area contributed by atoms with Crippen LogP contribution in [0.15, 0.2) is 0 Å². The molecule has 0 bridgehead atoms. The summed E-state index contributed by atoms with van der Waals surface area (Å²) in [5.74, 6) is 0.368. The van der Waals surface area contributed by atoms with Gasteiger partial charge in [-0.05, 0) is 0 Å². The molecule has 0 aromatic rings. The maximum atomic E-state index is 9.99. The molecule has 0 radical (unpaired) electrons. The second kappa shape index (κ2) is 3.03. The standard InChI is InChI=1S/C5H7ClO3/c6-5(7)9-3-4-1-8-2-4/h4H,1-3H2. The van der Waals surface area contributed by atoms with Gasteiger partial charge in [-0.3, -0.25) is 0 Å². The van der Waals surface area contributed by atoms with Crippen LogP contribution in [0.25, 0.3) is 0 Å². The number of carbonyl (C=O) groups is 1. The molecule has 1 rings (SSSR count). The molecule has 4 heteroatoms. The van der Waals surface area contributed by atoms with Crippen molar-refractivity contribution in [3.05, 3.63) is 0 Å². The lowest BCUT2D eigenvalue weighted by molar-refractivity contribution is -0.0556. The molecule has 1 aliphatic rings. The molecule has 9 heavy (non-hydrogen) atoms. The van der Waals surface area contributed by atoms with Crippen LogP contribution in [0.5, 0.6) is 0 Å². The Morgan fingerprint density at radius 3 is 2.78 bits per heavy atom.